The molecule has 3 heteroatoms. The highest BCUT2D eigenvalue weighted by Crippen LogP contribution is 2.25. The molecule has 0 aromatic heterocycles. The molecule has 0 saturated carbocycles. The van der Waals surface area contributed by atoms with Crippen LogP contribution < -0.4 is 14.8 Å². The van der Waals surface area contributed by atoms with Gasteiger partial charge in [0.2, 0.25) is 0 Å². The molecule has 1 N–H and O–H groups in total. The predicted octanol–water partition coefficient (Wildman–Crippen LogP) is 3.08. The molecule has 0 aliphatic rings. The van der Waals surface area contributed by atoms with E-state index >= 15 is 0 Å². The Morgan fingerprint density at radius 2 is 1.69 bits per heavy atom. The largest absolute Gasteiger partial charge is 0.497 e. The van der Waals surface area contributed by atoms with Crippen LogP contribution in [0.2, 0.25) is 0 Å². The Morgan fingerprint density at radius 3 is 2.12 bits per heavy atom. The number of anilines is 1. The van der Waals surface area contributed by atoms with E-state index in [1.807, 2.05) is 18.2 Å². The zero-order valence-electron chi connectivity index (χ0n) is 10.3. The quantitative estimate of drug-likeness (QED) is 0.775. The summed E-state index contributed by atoms with van der Waals surface area (Å²) in [7, 11) is 3.29. The van der Waals surface area contributed by atoms with Crippen molar-refractivity contribution in [3.8, 4) is 11.5 Å². The van der Waals surface area contributed by atoms with Gasteiger partial charge in [0.25, 0.3) is 0 Å². The van der Waals surface area contributed by atoms with Crippen molar-refractivity contribution in [1.82, 2.24) is 0 Å². The lowest BCUT2D eigenvalue weighted by atomic mass is 10.2. The van der Waals surface area contributed by atoms with E-state index in [-0.39, 0.29) is 0 Å². The maximum Gasteiger partial charge on any atom is 0.124 e. The number of allylic oxidation sites excluding steroid dienone is 1. The minimum Gasteiger partial charge on any atom is -0.497 e. The first-order valence-corrected chi connectivity index (χ1v) is 5.26. The van der Waals surface area contributed by atoms with Crippen molar-refractivity contribution in [2.45, 2.75) is 13.8 Å². The zero-order chi connectivity index (χ0) is 12.0. The summed E-state index contributed by atoms with van der Waals surface area (Å²) < 4.78 is 10.4. The predicted molar refractivity (Wildman–Crippen MR) is 67.5 cm³/mol. The first-order chi connectivity index (χ1) is 7.65. The van der Waals surface area contributed by atoms with Crippen molar-refractivity contribution in [3.05, 3.63) is 29.8 Å². The molecule has 0 atom stereocenters. The summed E-state index contributed by atoms with van der Waals surface area (Å²) in [6, 6.07) is 5.74. The van der Waals surface area contributed by atoms with Gasteiger partial charge < -0.3 is 14.8 Å². The van der Waals surface area contributed by atoms with Crippen molar-refractivity contribution in [2.75, 3.05) is 26.1 Å². The molecule has 16 heavy (non-hydrogen) atoms. The highest BCUT2D eigenvalue weighted by Gasteiger charge is 2.00. The van der Waals surface area contributed by atoms with E-state index in [1.54, 1.807) is 14.2 Å². The smallest absolute Gasteiger partial charge is 0.124 e. The molecule has 1 rings (SSSR count). The van der Waals surface area contributed by atoms with Crippen LogP contribution in [0, 0.1) is 0 Å². The van der Waals surface area contributed by atoms with E-state index < -0.39 is 0 Å². The van der Waals surface area contributed by atoms with Crippen LogP contribution in [-0.2, 0) is 0 Å². The molecule has 3 nitrogen and oxygen atoms in total. The van der Waals surface area contributed by atoms with Crippen LogP contribution in [0.1, 0.15) is 13.8 Å². The van der Waals surface area contributed by atoms with Gasteiger partial charge in [-0.25, -0.2) is 0 Å². The number of rotatable bonds is 5. The van der Waals surface area contributed by atoms with Crippen molar-refractivity contribution in [3.63, 3.8) is 0 Å². The molecule has 0 aliphatic carbocycles. The highest BCUT2D eigenvalue weighted by atomic mass is 16.5. The van der Waals surface area contributed by atoms with Gasteiger partial charge >= 0.3 is 0 Å². The molecular weight excluding hydrogens is 202 g/mol. The van der Waals surface area contributed by atoms with Gasteiger partial charge in [-0.15, -0.1) is 0 Å². The van der Waals surface area contributed by atoms with Crippen molar-refractivity contribution >= 4 is 5.69 Å². The second-order valence-corrected chi connectivity index (χ2v) is 3.76. The Bertz CT molecular complexity index is 346. The fourth-order valence-electron chi connectivity index (χ4n) is 1.28. The third-order valence-corrected chi connectivity index (χ3v) is 2.17. The van der Waals surface area contributed by atoms with Gasteiger partial charge in [-0.1, -0.05) is 11.6 Å². The van der Waals surface area contributed by atoms with E-state index in [1.165, 1.54) is 5.57 Å². The molecule has 0 radical (unpaired) electrons. The van der Waals surface area contributed by atoms with Gasteiger partial charge in [-0.05, 0) is 13.8 Å². The normalized spacial score (nSPS) is 9.50. The van der Waals surface area contributed by atoms with Crippen molar-refractivity contribution in [2.24, 2.45) is 0 Å². The number of nitrogens with one attached hydrogen (secondary N) is 1. The third-order valence-electron chi connectivity index (χ3n) is 2.17. The van der Waals surface area contributed by atoms with Crippen LogP contribution in [0.4, 0.5) is 5.69 Å². The second kappa shape index (κ2) is 6.05. The van der Waals surface area contributed by atoms with Crippen LogP contribution in [0.5, 0.6) is 11.5 Å². The first-order valence-electron chi connectivity index (χ1n) is 5.26. The van der Waals surface area contributed by atoms with Crippen LogP contribution in [0.25, 0.3) is 0 Å². The molecule has 0 unspecified atom stereocenters. The maximum absolute atomic E-state index is 5.19. The molecule has 0 saturated heterocycles. The summed E-state index contributed by atoms with van der Waals surface area (Å²) in [5.41, 5.74) is 2.29. The Hall–Kier alpha value is -1.64. The van der Waals surface area contributed by atoms with E-state index in [4.69, 9.17) is 9.47 Å². The van der Waals surface area contributed by atoms with Gasteiger partial charge in [-0.3, -0.25) is 0 Å². The molecule has 1 aromatic rings. The number of methoxy groups -OCH3 is 2. The fraction of sp³-hybridized carbons (Fsp3) is 0.385. The van der Waals surface area contributed by atoms with Gasteiger partial charge in [0, 0.05) is 30.4 Å². The summed E-state index contributed by atoms with van der Waals surface area (Å²) in [6.45, 7) is 4.96. The molecule has 0 heterocycles. The lowest BCUT2D eigenvalue weighted by Gasteiger charge is -2.09. The number of benzene rings is 1. The van der Waals surface area contributed by atoms with Crippen LogP contribution >= 0.6 is 0 Å². The monoisotopic (exact) mass is 221 g/mol. The fourth-order valence-corrected chi connectivity index (χ4v) is 1.28. The molecule has 0 amide bonds. The molecule has 1 aromatic carbocycles. The second-order valence-electron chi connectivity index (χ2n) is 3.76. The molecular formula is C13H19NO2. The van der Waals surface area contributed by atoms with E-state index in [2.05, 4.69) is 25.2 Å². The minimum absolute atomic E-state index is 0.791. The molecule has 0 fully saturated rings. The van der Waals surface area contributed by atoms with Gasteiger partial charge in [0.05, 0.1) is 14.2 Å². The summed E-state index contributed by atoms with van der Waals surface area (Å²) in [6.07, 6.45) is 2.13. The Kier molecular flexibility index (Phi) is 4.70. The molecule has 0 spiro atoms. The maximum atomic E-state index is 5.19. The summed E-state index contributed by atoms with van der Waals surface area (Å²) in [5, 5.41) is 3.29. The Labute approximate surface area is 97.1 Å². The number of hydrogen-bond donors (Lipinski definition) is 1. The topological polar surface area (TPSA) is 30.5 Å². The van der Waals surface area contributed by atoms with E-state index in [0.717, 1.165) is 23.7 Å². The number of ether oxygens (including phenoxy) is 2. The van der Waals surface area contributed by atoms with Crippen molar-refractivity contribution < 1.29 is 9.47 Å². The molecule has 0 bridgehead atoms. The van der Waals surface area contributed by atoms with Gasteiger partial charge in [-0.2, -0.15) is 0 Å². The SMILES string of the molecule is COc1cc(NCC=C(C)C)cc(OC)c1. The number of hydrogen-bond acceptors (Lipinski definition) is 3. The molecule has 0 aliphatic heterocycles. The third kappa shape index (κ3) is 3.85. The first kappa shape index (κ1) is 12.4. The summed E-state index contributed by atoms with van der Waals surface area (Å²) >= 11 is 0. The Balaban J connectivity index is 2.75. The van der Waals surface area contributed by atoms with Gasteiger partial charge in [0.1, 0.15) is 11.5 Å². The minimum atomic E-state index is 0.791. The van der Waals surface area contributed by atoms with Crippen LogP contribution in [-0.4, -0.2) is 20.8 Å². The summed E-state index contributed by atoms with van der Waals surface area (Å²) in [4.78, 5) is 0. The lowest BCUT2D eigenvalue weighted by Crippen LogP contribution is -1.99. The van der Waals surface area contributed by atoms with Crippen molar-refractivity contribution in [1.29, 1.82) is 0 Å². The average Bonchev–Trinajstić information content (AvgIpc) is 2.28. The lowest BCUT2D eigenvalue weighted by molar-refractivity contribution is 0.394. The van der Waals surface area contributed by atoms with Crippen LogP contribution in [0.15, 0.2) is 29.8 Å². The van der Waals surface area contributed by atoms with E-state index in [9.17, 15) is 0 Å². The van der Waals surface area contributed by atoms with Gasteiger partial charge in [0.15, 0.2) is 0 Å². The van der Waals surface area contributed by atoms with Crippen LogP contribution in [0.3, 0.4) is 0 Å². The average molecular weight is 221 g/mol. The zero-order valence-corrected chi connectivity index (χ0v) is 10.3. The molecule has 88 valence electrons. The Morgan fingerprint density at radius 1 is 1.12 bits per heavy atom. The highest BCUT2D eigenvalue weighted by molar-refractivity contribution is 5.54. The van der Waals surface area contributed by atoms with E-state index in [0.29, 0.717) is 0 Å². The standard InChI is InChI=1S/C13H19NO2/c1-10(2)5-6-14-11-7-12(15-3)9-13(8-11)16-4/h5,7-9,14H,6H2,1-4H3. The summed E-state index contributed by atoms with van der Waals surface area (Å²) in [5.74, 6) is 1.58.